The molecule has 2 heterocycles. The molecule has 0 radical (unpaired) electrons. The minimum atomic E-state index is -0.574. The molecule has 0 aromatic heterocycles. The smallest absolute Gasteiger partial charge is 0.230 e. The maximum absolute atomic E-state index is 11.9. The molecule has 0 aromatic carbocycles. The summed E-state index contributed by atoms with van der Waals surface area (Å²) in [5.74, 6) is -0.0178. The lowest BCUT2D eigenvalue weighted by Gasteiger charge is -2.32. The summed E-state index contributed by atoms with van der Waals surface area (Å²) in [5, 5.41) is 2.91. The van der Waals surface area contributed by atoms with Gasteiger partial charge in [-0.05, 0) is 6.92 Å². The molecule has 0 bridgehead atoms. The second-order valence-electron chi connectivity index (χ2n) is 4.25. The third-order valence-corrected chi connectivity index (χ3v) is 3.01. The quantitative estimate of drug-likeness (QED) is 0.591. The molecule has 2 unspecified atom stereocenters. The van der Waals surface area contributed by atoms with E-state index in [0.717, 1.165) is 0 Å². The molecule has 14 heavy (non-hydrogen) atoms. The molecule has 2 fully saturated rings. The van der Waals surface area contributed by atoms with Crippen LogP contribution in [0, 0.1) is 5.41 Å². The van der Waals surface area contributed by atoms with Gasteiger partial charge in [0.1, 0.15) is 0 Å². The first kappa shape index (κ1) is 9.89. The predicted molar refractivity (Wildman–Crippen MR) is 49.7 cm³/mol. The summed E-state index contributed by atoms with van der Waals surface area (Å²) in [5.41, 5.74) is 5.26. The number of ether oxygens (including phenoxy) is 2. The van der Waals surface area contributed by atoms with E-state index >= 15 is 0 Å². The Labute approximate surface area is 82.9 Å². The molecular formula is C9H16N2O3. The summed E-state index contributed by atoms with van der Waals surface area (Å²) in [6.07, 6.45) is 0. The van der Waals surface area contributed by atoms with Crippen LogP contribution >= 0.6 is 0 Å². The number of hydrogen-bond donors (Lipinski definition) is 2. The van der Waals surface area contributed by atoms with E-state index in [0.29, 0.717) is 26.4 Å². The lowest BCUT2D eigenvalue weighted by Crippen LogP contribution is -2.56. The zero-order valence-corrected chi connectivity index (χ0v) is 8.29. The molecule has 0 aromatic rings. The highest BCUT2D eigenvalue weighted by atomic mass is 16.5. The van der Waals surface area contributed by atoms with Gasteiger partial charge in [-0.25, -0.2) is 0 Å². The van der Waals surface area contributed by atoms with Crippen molar-refractivity contribution in [2.75, 3.05) is 26.4 Å². The zero-order chi connectivity index (χ0) is 10.2. The molecule has 2 saturated heterocycles. The molecule has 2 aliphatic heterocycles. The van der Waals surface area contributed by atoms with Crippen LogP contribution in [0.3, 0.4) is 0 Å². The fraction of sp³-hybridized carbons (Fsp3) is 0.889. The van der Waals surface area contributed by atoms with Crippen LogP contribution in [-0.4, -0.2) is 44.4 Å². The van der Waals surface area contributed by atoms with Crippen molar-refractivity contribution >= 4 is 5.91 Å². The lowest BCUT2D eigenvalue weighted by atomic mass is 9.84. The first-order chi connectivity index (χ1) is 6.63. The van der Waals surface area contributed by atoms with Crippen molar-refractivity contribution in [3.63, 3.8) is 0 Å². The van der Waals surface area contributed by atoms with Crippen LogP contribution in [0.15, 0.2) is 0 Å². The zero-order valence-electron chi connectivity index (χ0n) is 8.29. The topological polar surface area (TPSA) is 73.6 Å². The molecule has 1 amide bonds. The van der Waals surface area contributed by atoms with Crippen LogP contribution in [0.5, 0.6) is 0 Å². The average molecular weight is 200 g/mol. The van der Waals surface area contributed by atoms with Crippen molar-refractivity contribution in [2.24, 2.45) is 11.1 Å². The first-order valence-electron chi connectivity index (χ1n) is 4.85. The monoisotopic (exact) mass is 200 g/mol. The first-order valence-corrected chi connectivity index (χ1v) is 4.85. The van der Waals surface area contributed by atoms with E-state index in [1.807, 2.05) is 6.92 Å². The van der Waals surface area contributed by atoms with Crippen LogP contribution in [0.25, 0.3) is 0 Å². The second-order valence-corrected chi connectivity index (χ2v) is 4.25. The Morgan fingerprint density at radius 3 is 2.57 bits per heavy atom. The van der Waals surface area contributed by atoms with Gasteiger partial charge in [0.2, 0.25) is 5.91 Å². The third kappa shape index (κ3) is 1.51. The van der Waals surface area contributed by atoms with E-state index in [2.05, 4.69) is 5.32 Å². The number of nitrogens with one attached hydrogen (secondary N) is 1. The van der Waals surface area contributed by atoms with Gasteiger partial charge in [0.05, 0.1) is 37.9 Å². The van der Waals surface area contributed by atoms with Gasteiger partial charge < -0.3 is 20.5 Å². The van der Waals surface area contributed by atoms with Crippen molar-refractivity contribution in [2.45, 2.75) is 19.0 Å². The summed E-state index contributed by atoms with van der Waals surface area (Å²) in [4.78, 5) is 11.9. The van der Waals surface area contributed by atoms with Gasteiger partial charge in [0.15, 0.2) is 0 Å². The number of rotatable bonds is 2. The molecule has 2 rings (SSSR count). The molecule has 0 spiro atoms. The Bertz CT molecular complexity index is 242. The molecule has 2 aliphatic rings. The molecule has 0 aliphatic carbocycles. The van der Waals surface area contributed by atoms with E-state index < -0.39 is 5.41 Å². The Morgan fingerprint density at radius 1 is 1.43 bits per heavy atom. The summed E-state index contributed by atoms with van der Waals surface area (Å²) >= 11 is 0. The van der Waals surface area contributed by atoms with Crippen LogP contribution in [-0.2, 0) is 14.3 Å². The van der Waals surface area contributed by atoms with Crippen molar-refractivity contribution in [3.05, 3.63) is 0 Å². The Kier molecular flexibility index (Phi) is 2.47. The van der Waals surface area contributed by atoms with Crippen molar-refractivity contribution in [3.8, 4) is 0 Å². The predicted octanol–water partition coefficient (Wildman–Crippen LogP) is -1.13. The SMILES string of the molecule is CC1(C(=O)NC2COC2)COCC1N. The number of hydrogen-bond acceptors (Lipinski definition) is 4. The van der Waals surface area contributed by atoms with Crippen LogP contribution in [0.4, 0.5) is 0 Å². The molecule has 0 saturated carbocycles. The highest BCUT2D eigenvalue weighted by molar-refractivity contribution is 5.84. The van der Waals surface area contributed by atoms with Crippen molar-refractivity contribution in [1.29, 1.82) is 0 Å². The van der Waals surface area contributed by atoms with Gasteiger partial charge in [-0.3, -0.25) is 4.79 Å². The fourth-order valence-electron chi connectivity index (χ4n) is 1.59. The third-order valence-electron chi connectivity index (χ3n) is 3.01. The van der Waals surface area contributed by atoms with Gasteiger partial charge in [-0.2, -0.15) is 0 Å². The summed E-state index contributed by atoms with van der Waals surface area (Å²) in [6.45, 7) is 3.94. The maximum atomic E-state index is 11.9. The van der Waals surface area contributed by atoms with Gasteiger partial charge in [-0.15, -0.1) is 0 Å². The number of carbonyl (C=O) groups is 1. The average Bonchev–Trinajstić information content (AvgIpc) is 2.41. The van der Waals surface area contributed by atoms with Gasteiger partial charge in [0.25, 0.3) is 0 Å². The van der Waals surface area contributed by atoms with E-state index in [-0.39, 0.29) is 18.0 Å². The van der Waals surface area contributed by atoms with E-state index in [9.17, 15) is 4.79 Å². The Balaban J connectivity index is 1.94. The highest BCUT2D eigenvalue weighted by Gasteiger charge is 2.45. The standard InChI is InChI=1S/C9H16N2O3/c1-9(5-14-4-7(9)10)8(12)11-6-2-13-3-6/h6-7H,2-5,10H2,1H3,(H,11,12). The normalized spacial score (nSPS) is 38.0. The lowest BCUT2D eigenvalue weighted by molar-refractivity contribution is -0.134. The molecule has 5 nitrogen and oxygen atoms in total. The van der Waals surface area contributed by atoms with Gasteiger partial charge >= 0.3 is 0 Å². The molecule has 2 atom stereocenters. The highest BCUT2D eigenvalue weighted by Crippen LogP contribution is 2.27. The number of carbonyl (C=O) groups excluding carboxylic acids is 1. The van der Waals surface area contributed by atoms with E-state index in [1.54, 1.807) is 0 Å². The van der Waals surface area contributed by atoms with Crippen molar-refractivity contribution < 1.29 is 14.3 Å². The summed E-state index contributed by atoms with van der Waals surface area (Å²) < 4.78 is 10.2. The molecular weight excluding hydrogens is 184 g/mol. The summed E-state index contributed by atoms with van der Waals surface area (Å²) in [6, 6.07) is -0.0457. The summed E-state index contributed by atoms with van der Waals surface area (Å²) in [7, 11) is 0. The van der Waals surface area contributed by atoms with E-state index in [4.69, 9.17) is 15.2 Å². The number of nitrogens with two attached hydrogens (primary N) is 1. The van der Waals surface area contributed by atoms with E-state index in [1.165, 1.54) is 0 Å². The molecule has 5 heteroatoms. The van der Waals surface area contributed by atoms with Crippen LogP contribution in [0.2, 0.25) is 0 Å². The van der Waals surface area contributed by atoms with Crippen LogP contribution < -0.4 is 11.1 Å². The number of amides is 1. The second kappa shape index (κ2) is 3.49. The Hall–Kier alpha value is -0.650. The minimum absolute atomic E-state index is 0.0178. The Morgan fingerprint density at radius 2 is 2.14 bits per heavy atom. The molecule has 80 valence electrons. The molecule has 3 N–H and O–H groups in total. The van der Waals surface area contributed by atoms with Gasteiger partial charge in [0, 0.05) is 6.04 Å². The van der Waals surface area contributed by atoms with Crippen LogP contribution in [0.1, 0.15) is 6.92 Å². The maximum Gasteiger partial charge on any atom is 0.230 e. The fourth-order valence-corrected chi connectivity index (χ4v) is 1.59. The van der Waals surface area contributed by atoms with Gasteiger partial charge in [-0.1, -0.05) is 0 Å². The minimum Gasteiger partial charge on any atom is -0.379 e. The van der Waals surface area contributed by atoms with Crippen molar-refractivity contribution in [1.82, 2.24) is 5.32 Å². The largest absolute Gasteiger partial charge is 0.379 e.